The maximum Gasteiger partial charge on any atom is 0.305 e. The van der Waals surface area contributed by atoms with Crippen molar-refractivity contribution >= 4 is 5.97 Å². The first-order chi connectivity index (χ1) is 7.06. The Morgan fingerprint density at radius 3 is 2.80 bits per heavy atom. The van der Waals surface area contributed by atoms with Crippen LogP contribution in [0.2, 0.25) is 0 Å². The summed E-state index contributed by atoms with van der Waals surface area (Å²) in [6.45, 7) is 1.79. The van der Waals surface area contributed by atoms with Crippen molar-refractivity contribution in [3.63, 3.8) is 0 Å². The third kappa shape index (κ3) is 2.44. The van der Waals surface area contributed by atoms with Crippen LogP contribution in [0.5, 0.6) is 0 Å². The molecule has 0 aliphatic rings. The number of carbonyl (C=O) groups is 1. The Bertz CT molecular complexity index is 482. The molecule has 0 radical (unpaired) electrons. The van der Waals surface area contributed by atoms with Gasteiger partial charge >= 0.3 is 5.97 Å². The number of aromatic nitrogens is 1. The van der Waals surface area contributed by atoms with E-state index in [4.69, 9.17) is 10.4 Å². The van der Waals surface area contributed by atoms with E-state index in [1.54, 1.807) is 19.1 Å². The molecule has 0 aromatic carbocycles. The minimum absolute atomic E-state index is 0.0333. The van der Waals surface area contributed by atoms with E-state index in [9.17, 15) is 9.59 Å². The van der Waals surface area contributed by atoms with Gasteiger partial charge in [-0.1, -0.05) is 0 Å². The molecule has 5 nitrogen and oxygen atoms in total. The number of carboxylic acids is 1. The average molecular weight is 206 g/mol. The van der Waals surface area contributed by atoms with E-state index in [-0.39, 0.29) is 18.5 Å². The Labute approximate surface area is 86.2 Å². The average Bonchev–Trinajstić information content (AvgIpc) is 2.17. The van der Waals surface area contributed by atoms with Gasteiger partial charge < -0.3 is 9.67 Å². The molecule has 1 heterocycles. The highest BCUT2D eigenvalue weighted by Gasteiger charge is 2.06. The lowest BCUT2D eigenvalue weighted by Crippen LogP contribution is -2.25. The monoisotopic (exact) mass is 206 g/mol. The summed E-state index contributed by atoms with van der Waals surface area (Å²) in [7, 11) is 0. The summed E-state index contributed by atoms with van der Waals surface area (Å²) in [6, 6.07) is 4.84. The van der Waals surface area contributed by atoms with Crippen LogP contribution in [0.3, 0.4) is 0 Å². The molecule has 15 heavy (non-hydrogen) atoms. The van der Waals surface area contributed by atoms with Crippen LogP contribution in [-0.2, 0) is 11.3 Å². The number of pyridine rings is 1. The smallest absolute Gasteiger partial charge is 0.305 e. The lowest BCUT2D eigenvalue weighted by molar-refractivity contribution is -0.137. The maximum atomic E-state index is 11.6. The van der Waals surface area contributed by atoms with Gasteiger partial charge in [0.15, 0.2) is 0 Å². The zero-order valence-corrected chi connectivity index (χ0v) is 8.23. The Balaban J connectivity index is 3.11. The number of aliphatic carboxylic acids is 1. The molecule has 0 spiro atoms. The van der Waals surface area contributed by atoms with Crippen molar-refractivity contribution in [1.82, 2.24) is 4.57 Å². The van der Waals surface area contributed by atoms with E-state index in [1.165, 1.54) is 10.6 Å². The van der Waals surface area contributed by atoms with Gasteiger partial charge in [-0.3, -0.25) is 9.59 Å². The molecule has 0 fully saturated rings. The minimum atomic E-state index is -0.969. The summed E-state index contributed by atoms with van der Waals surface area (Å²) in [6.07, 6.45) is -0.129. The van der Waals surface area contributed by atoms with Gasteiger partial charge in [-0.25, -0.2) is 0 Å². The Hall–Kier alpha value is -2.09. The first-order valence-electron chi connectivity index (χ1n) is 4.38. The van der Waals surface area contributed by atoms with Gasteiger partial charge in [-0.2, -0.15) is 5.26 Å². The fourth-order valence-corrected chi connectivity index (χ4v) is 1.24. The standard InChI is InChI=1S/C10H10N2O3/c1-7-2-3-8(6-11)10(15)12(7)5-4-9(13)14/h2-3H,4-5H2,1H3,(H,13,14). The zero-order chi connectivity index (χ0) is 11.4. The second-order valence-corrected chi connectivity index (χ2v) is 3.10. The number of carboxylic acid groups (broad SMARTS) is 1. The molecule has 1 aromatic rings. The van der Waals surface area contributed by atoms with Crippen LogP contribution in [0.1, 0.15) is 17.7 Å². The fourth-order valence-electron chi connectivity index (χ4n) is 1.24. The number of nitriles is 1. The van der Waals surface area contributed by atoms with Gasteiger partial charge in [0, 0.05) is 12.2 Å². The van der Waals surface area contributed by atoms with Crippen LogP contribution in [-0.4, -0.2) is 15.6 Å². The zero-order valence-electron chi connectivity index (χ0n) is 8.23. The third-order valence-electron chi connectivity index (χ3n) is 2.06. The molecular weight excluding hydrogens is 196 g/mol. The molecule has 0 saturated carbocycles. The third-order valence-corrected chi connectivity index (χ3v) is 2.06. The number of nitrogens with zero attached hydrogens (tertiary/aromatic N) is 2. The van der Waals surface area contributed by atoms with Crippen molar-refractivity contribution in [3.8, 4) is 6.07 Å². The van der Waals surface area contributed by atoms with Crippen molar-refractivity contribution in [2.24, 2.45) is 0 Å². The number of rotatable bonds is 3. The van der Waals surface area contributed by atoms with Gasteiger partial charge in [0.05, 0.1) is 6.42 Å². The first kappa shape index (κ1) is 11.0. The van der Waals surface area contributed by atoms with Crippen LogP contribution in [0, 0.1) is 18.3 Å². The minimum Gasteiger partial charge on any atom is -0.481 e. The van der Waals surface area contributed by atoms with E-state index >= 15 is 0 Å². The lowest BCUT2D eigenvalue weighted by atomic mass is 10.2. The molecule has 0 saturated heterocycles. The molecule has 0 unspecified atom stereocenters. The molecule has 0 aliphatic carbocycles. The fraction of sp³-hybridized carbons (Fsp3) is 0.300. The van der Waals surface area contributed by atoms with Crippen molar-refractivity contribution < 1.29 is 9.90 Å². The summed E-state index contributed by atoms with van der Waals surface area (Å²) >= 11 is 0. The van der Waals surface area contributed by atoms with Gasteiger partial charge in [-0.15, -0.1) is 0 Å². The summed E-state index contributed by atoms with van der Waals surface area (Å²) < 4.78 is 1.30. The van der Waals surface area contributed by atoms with Crippen molar-refractivity contribution in [1.29, 1.82) is 5.26 Å². The summed E-state index contributed by atoms with van der Waals surface area (Å²) in [5.41, 5.74) is 0.255. The maximum absolute atomic E-state index is 11.6. The number of aryl methyl sites for hydroxylation is 1. The van der Waals surface area contributed by atoms with Crippen LogP contribution in [0.25, 0.3) is 0 Å². The van der Waals surface area contributed by atoms with E-state index in [0.717, 1.165) is 0 Å². The van der Waals surface area contributed by atoms with Crippen LogP contribution in [0.15, 0.2) is 16.9 Å². The first-order valence-corrected chi connectivity index (χ1v) is 4.38. The van der Waals surface area contributed by atoms with Crippen LogP contribution in [0.4, 0.5) is 0 Å². The van der Waals surface area contributed by atoms with Crippen molar-refractivity contribution in [3.05, 3.63) is 33.7 Å². The molecule has 5 heteroatoms. The molecule has 78 valence electrons. The predicted molar refractivity (Wildman–Crippen MR) is 52.4 cm³/mol. The molecular formula is C10H10N2O3. The second kappa shape index (κ2) is 4.42. The Morgan fingerprint density at radius 1 is 1.60 bits per heavy atom. The van der Waals surface area contributed by atoms with E-state index in [2.05, 4.69) is 0 Å². The lowest BCUT2D eigenvalue weighted by Gasteiger charge is -2.07. The highest BCUT2D eigenvalue weighted by Crippen LogP contribution is 1.99. The highest BCUT2D eigenvalue weighted by molar-refractivity contribution is 5.66. The number of hydrogen-bond acceptors (Lipinski definition) is 3. The Morgan fingerprint density at radius 2 is 2.27 bits per heavy atom. The molecule has 0 amide bonds. The predicted octanol–water partition coefficient (Wildman–Crippen LogP) is 0.503. The van der Waals surface area contributed by atoms with Gasteiger partial charge in [0.1, 0.15) is 11.6 Å². The SMILES string of the molecule is Cc1ccc(C#N)c(=O)n1CCC(=O)O. The molecule has 1 N–H and O–H groups in total. The summed E-state index contributed by atoms with van der Waals surface area (Å²) in [5, 5.41) is 17.1. The highest BCUT2D eigenvalue weighted by atomic mass is 16.4. The molecule has 0 atom stereocenters. The van der Waals surface area contributed by atoms with Gasteiger partial charge in [0.25, 0.3) is 5.56 Å². The van der Waals surface area contributed by atoms with Crippen LogP contribution < -0.4 is 5.56 Å². The largest absolute Gasteiger partial charge is 0.481 e. The van der Waals surface area contributed by atoms with E-state index in [1.807, 2.05) is 0 Å². The molecule has 1 aromatic heterocycles. The molecule has 0 aliphatic heterocycles. The topological polar surface area (TPSA) is 83.1 Å². The normalized spacial score (nSPS) is 9.60. The summed E-state index contributed by atoms with van der Waals surface area (Å²) in [4.78, 5) is 22.0. The quantitative estimate of drug-likeness (QED) is 0.780. The van der Waals surface area contributed by atoms with E-state index in [0.29, 0.717) is 5.69 Å². The molecule has 0 bridgehead atoms. The van der Waals surface area contributed by atoms with E-state index < -0.39 is 11.5 Å². The Kier molecular flexibility index (Phi) is 3.24. The summed E-state index contributed by atoms with van der Waals surface area (Å²) in [5.74, 6) is -0.969. The van der Waals surface area contributed by atoms with Gasteiger partial charge in [0.2, 0.25) is 0 Å². The van der Waals surface area contributed by atoms with Crippen LogP contribution >= 0.6 is 0 Å². The molecule has 1 rings (SSSR count). The van der Waals surface area contributed by atoms with Crippen molar-refractivity contribution in [2.45, 2.75) is 19.9 Å². The number of hydrogen-bond donors (Lipinski definition) is 1. The second-order valence-electron chi connectivity index (χ2n) is 3.10. The van der Waals surface area contributed by atoms with Crippen molar-refractivity contribution in [2.75, 3.05) is 0 Å². The van der Waals surface area contributed by atoms with Gasteiger partial charge in [-0.05, 0) is 19.1 Å².